The Kier molecular flexibility index (Phi) is 5.05. The summed E-state index contributed by atoms with van der Waals surface area (Å²) in [6.45, 7) is 11.7. The van der Waals surface area contributed by atoms with Crippen LogP contribution in [-0.2, 0) is 4.74 Å². The summed E-state index contributed by atoms with van der Waals surface area (Å²) >= 11 is 0. The Bertz CT molecular complexity index is 142. The van der Waals surface area contributed by atoms with Crippen molar-refractivity contribution in [2.75, 3.05) is 46.4 Å². The summed E-state index contributed by atoms with van der Waals surface area (Å²) in [5.41, 5.74) is 0. The first-order valence-corrected chi connectivity index (χ1v) is 4.79. The minimum atomic E-state index is 0.774. The molecule has 1 aliphatic heterocycles. The molecular formula is C10H19N2O. The van der Waals surface area contributed by atoms with Crippen molar-refractivity contribution in [2.24, 2.45) is 0 Å². The number of likely N-dealkylation sites (N-methyl/N-ethyl adjacent to an activating group) is 1. The maximum atomic E-state index is 5.21. The fraction of sp³-hybridized carbons (Fsp3) is 0.700. The highest BCUT2D eigenvalue weighted by Gasteiger charge is 2.12. The monoisotopic (exact) mass is 185 g/mol. The molecule has 3 nitrogen and oxygen atoms in total. The molecule has 75 valence electrons. The molecular weight excluding hydrogens is 166 g/mol. The van der Waals surface area contributed by atoms with Gasteiger partial charge in [-0.3, -0.25) is 4.90 Å². The molecule has 1 heterocycles. The number of hydrogen-bond acceptors (Lipinski definition) is 3. The van der Waals surface area contributed by atoms with E-state index in [1.54, 1.807) is 12.7 Å². The van der Waals surface area contributed by atoms with Crippen molar-refractivity contribution in [2.45, 2.75) is 0 Å². The van der Waals surface area contributed by atoms with Gasteiger partial charge in [0.1, 0.15) is 6.61 Å². The number of ether oxygens (including phenoxy) is 1. The highest BCUT2D eigenvalue weighted by atomic mass is 16.6. The average Bonchev–Trinajstić information content (AvgIpc) is 2.15. The normalized spacial score (nSPS) is 20.4. The lowest BCUT2D eigenvalue weighted by Crippen LogP contribution is -2.45. The van der Waals surface area contributed by atoms with Gasteiger partial charge in [0.2, 0.25) is 0 Å². The van der Waals surface area contributed by atoms with Crippen molar-refractivity contribution in [1.82, 2.24) is 9.80 Å². The quantitative estimate of drug-likeness (QED) is 0.583. The van der Waals surface area contributed by atoms with Gasteiger partial charge in [-0.2, -0.15) is 0 Å². The predicted octanol–water partition coefficient (Wildman–Crippen LogP) is 0.598. The van der Waals surface area contributed by atoms with Crippen molar-refractivity contribution in [3.63, 3.8) is 0 Å². The van der Waals surface area contributed by atoms with Gasteiger partial charge >= 0.3 is 0 Å². The van der Waals surface area contributed by atoms with Gasteiger partial charge < -0.3 is 9.64 Å². The van der Waals surface area contributed by atoms with Crippen molar-refractivity contribution in [3.05, 3.63) is 19.3 Å². The van der Waals surface area contributed by atoms with Gasteiger partial charge in [-0.25, -0.2) is 0 Å². The lowest BCUT2D eigenvalue weighted by atomic mass is 10.3. The van der Waals surface area contributed by atoms with Crippen molar-refractivity contribution < 1.29 is 4.74 Å². The maximum Gasteiger partial charge on any atom is 0.105 e. The zero-order valence-electron chi connectivity index (χ0n) is 8.41. The summed E-state index contributed by atoms with van der Waals surface area (Å²) in [6.07, 6.45) is 1.67. The van der Waals surface area contributed by atoms with E-state index in [4.69, 9.17) is 4.74 Å². The highest BCUT2D eigenvalue weighted by Crippen LogP contribution is 1.98. The van der Waals surface area contributed by atoms with Gasteiger partial charge in [-0.05, 0) is 7.05 Å². The highest BCUT2D eigenvalue weighted by molar-refractivity contribution is 4.77. The van der Waals surface area contributed by atoms with Gasteiger partial charge in [0.05, 0.1) is 6.61 Å². The maximum absolute atomic E-state index is 5.21. The van der Waals surface area contributed by atoms with E-state index in [1.165, 1.54) is 13.1 Å². The molecule has 13 heavy (non-hydrogen) atoms. The second kappa shape index (κ2) is 6.13. The molecule has 1 aliphatic rings. The van der Waals surface area contributed by atoms with Crippen LogP contribution < -0.4 is 0 Å². The van der Waals surface area contributed by atoms with Crippen LogP contribution in [0.3, 0.4) is 0 Å². The van der Waals surface area contributed by atoms with Crippen LogP contribution in [-0.4, -0.2) is 56.2 Å². The number of rotatable bonds is 5. The minimum absolute atomic E-state index is 0.774. The SMILES string of the molecule is C=C[CH]O[14CH2]CN1CCN(C)CC1. The summed E-state index contributed by atoms with van der Waals surface area (Å²) in [7, 11) is 2.17. The summed E-state index contributed by atoms with van der Waals surface area (Å²) in [6, 6.07) is 0. The van der Waals surface area contributed by atoms with E-state index in [-0.39, 0.29) is 0 Å². The first-order valence-electron chi connectivity index (χ1n) is 4.79. The molecule has 1 saturated heterocycles. The van der Waals surface area contributed by atoms with Crippen molar-refractivity contribution >= 4 is 0 Å². The van der Waals surface area contributed by atoms with E-state index in [0.29, 0.717) is 0 Å². The summed E-state index contributed by atoms with van der Waals surface area (Å²) in [4.78, 5) is 4.78. The first kappa shape index (κ1) is 10.7. The first-order chi connectivity index (χ1) is 6.33. The Labute approximate surface area is 81.0 Å². The van der Waals surface area contributed by atoms with Crippen LogP contribution in [0.2, 0.25) is 0 Å². The zero-order chi connectivity index (χ0) is 9.52. The molecule has 0 aromatic heterocycles. The Balaban J connectivity index is 1.99. The van der Waals surface area contributed by atoms with E-state index < -0.39 is 0 Å². The number of nitrogens with zero attached hydrogens (tertiary/aromatic N) is 2. The van der Waals surface area contributed by atoms with Crippen LogP contribution in [0.5, 0.6) is 0 Å². The molecule has 3 heteroatoms. The van der Waals surface area contributed by atoms with Crippen LogP contribution >= 0.6 is 0 Å². The molecule has 0 atom stereocenters. The Morgan fingerprint density at radius 3 is 2.69 bits per heavy atom. The van der Waals surface area contributed by atoms with Gasteiger partial charge in [-0.15, -0.1) is 6.58 Å². The third-order valence-electron chi connectivity index (χ3n) is 2.31. The standard InChI is InChI=1S/C10H19N2O/c1-3-9-13-10-8-12-6-4-11(2)5-7-12/h3,9H,1,4-8,10H2,2H3/i10+2. The number of piperazine rings is 1. The van der Waals surface area contributed by atoms with Crippen molar-refractivity contribution in [1.29, 1.82) is 0 Å². The lowest BCUT2D eigenvalue weighted by Gasteiger charge is -2.32. The van der Waals surface area contributed by atoms with E-state index in [0.717, 1.165) is 26.2 Å². The third kappa shape index (κ3) is 4.41. The summed E-state index contributed by atoms with van der Waals surface area (Å²) in [5, 5.41) is 0. The smallest absolute Gasteiger partial charge is 0.105 e. The molecule has 0 spiro atoms. The molecule has 1 fully saturated rings. The summed E-state index contributed by atoms with van der Waals surface area (Å²) in [5.74, 6) is 0. The molecule has 0 aromatic carbocycles. The van der Waals surface area contributed by atoms with Gasteiger partial charge in [0, 0.05) is 32.7 Å². The van der Waals surface area contributed by atoms with E-state index in [1.807, 2.05) is 0 Å². The number of hydrogen-bond donors (Lipinski definition) is 0. The second-order valence-electron chi connectivity index (χ2n) is 3.39. The predicted molar refractivity (Wildman–Crippen MR) is 54.4 cm³/mol. The molecule has 0 aliphatic carbocycles. The van der Waals surface area contributed by atoms with Crippen LogP contribution in [0, 0.1) is 6.61 Å². The molecule has 0 bridgehead atoms. The second-order valence-corrected chi connectivity index (χ2v) is 3.39. The Morgan fingerprint density at radius 1 is 1.38 bits per heavy atom. The zero-order valence-corrected chi connectivity index (χ0v) is 8.41. The minimum Gasteiger partial charge on any atom is -0.370 e. The molecule has 1 rings (SSSR count). The van der Waals surface area contributed by atoms with Crippen molar-refractivity contribution in [3.8, 4) is 0 Å². The molecule has 1 radical (unpaired) electrons. The van der Waals surface area contributed by atoms with E-state index in [9.17, 15) is 0 Å². The Morgan fingerprint density at radius 2 is 2.08 bits per heavy atom. The van der Waals surface area contributed by atoms with E-state index >= 15 is 0 Å². The van der Waals surface area contributed by atoms with Gasteiger partial charge in [0.15, 0.2) is 0 Å². The Hall–Kier alpha value is -0.380. The molecule has 0 N–H and O–H groups in total. The van der Waals surface area contributed by atoms with Gasteiger partial charge in [0.25, 0.3) is 0 Å². The largest absolute Gasteiger partial charge is 0.370 e. The topological polar surface area (TPSA) is 15.7 Å². The molecule has 0 aromatic rings. The third-order valence-corrected chi connectivity index (χ3v) is 2.31. The van der Waals surface area contributed by atoms with Gasteiger partial charge in [-0.1, -0.05) is 6.08 Å². The molecule has 0 amide bonds. The molecule has 0 unspecified atom stereocenters. The van der Waals surface area contributed by atoms with Crippen LogP contribution in [0.1, 0.15) is 0 Å². The average molecular weight is 185 g/mol. The van der Waals surface area contributed by atoms with Crippen LogP contribution in [0.25, 0.3) is 0 Å². The van der Waals surface area contributed by atoms with Crippen LogP contribution in [0.4, 0.5) is 0 Å². The van der Waals surface area contributed by atoms with E-state index in [2.05, 4.69) is 23.4 Å². The lowest BCUT2D eigenvalue weighted by molar-refractivity contribution is 0.113. The fourth-order valence-corrected chi connectivity index (χ4v) is 1.39. The molecule has 0 saturated carbocycles. The summed E-state index contributed by atoms with van der Waals surface area (Å²) < 4.78 is 5.21. The van der Waals surface area contributed by atoms with Crippen LogP contribution in [0.15, 0.2) is 12.7 Å². The fourth-order valence-electron chi connectivity index (χ4n) is 1.39.